The van der Waals surface area contributed by atoms with E-state index in [1.54, 1.807) is 4.90 Å². The van der Waals surface area contributed by atoms with E-state index in [9.17, 15) is 26.4 Å². The number of piperidine rings is 1. The molecular formula is C15H18F3N3O3S. The predicted molar refractivity (Wildman–Crippen MR) is 83.3 cm³/mol. The average molecular weight is 377 g/mol. The van der Waals surface area contributed by atoms with Gasteiger partial charge in [-0.05, 0) is 37.1 Å². The Bertz CT molecular complexity index is 750. The van der Waals surface area contributed by atoms with E-state index in [4.69, 9.17) is 0 Å². The standard InChI is InChI=1S/C15H18F3N3O3S/c16-15(17,18)11-3-5-13(6-4-11)25(23,24)20-8-1-2-12(10-20)21-9-7-19-14(21)22/h3-6,12H,1-2,7-10H2,(H,19,22). The summed E-state index contributed by atoms with van der Waals surface area (Å²) >= 11 is 0. The second-order valence-corrected chi connectivity index (χ2v) is 8.04. The molecule has 2 heterocycles. The molecule has 1 atom stereocenters. The maximum absolute atomic E-state index is 12.7. The van der Waals surface area contributed by atoms with Crippen molar-refractivity contribution in [1.29, 1.82) is 0 Å². The van der Waals surface area contributed by atoms with E-state index in [-0.39, 0.29) is 30.1 Å². The number of nitrogens with zero attached hydrogens (tertiary/aromatic N) is 2. The summed E-state index contributed by atoms with van der Waals surface area (Å²) < 4.78 is 64.6. The first kappa shape index (κ1) is 18.0. The third kappa shape index (κ3) is 3.59. The minimum atomic E-state index is -4.51. The number of carbonyl (C=O) groups excluding carboxylic acids is 1. The van der Waals surface area contributed by atoms with Crippen LogP contribution in [0.4, 0.5) is 18.0 Å². The minimum Gasteiger partial charge on any atom is -0.336 e. The summed E-state index contributed by atoms with van der Waals surface area (Å²) in [6.07, 6.45) is -3.22. The van der Waals surface area contributed by atoms with E-state index in [1.165, 1.54) is 4.31 Å². The number of carbonyl (C=O) groups is 1. The Labute approximate surface area is 143 Å². The molecule has 0 radical (unpaired) electrons. The van der Waals surface area contributed by atoms with Crippen molar-refractivity contribution in [1.82, 2.24) is 14.5 Å². The summed E-state index contributed by atoms with van der Waals surface area (Å²) in [4.78, 5) is 13.2. The fourth-order valence-corrected chi connectivity index (χ4v) is 4.71. The fraction of sp³-hybridized carbons (Fsp3) is 0.533. The Morgan fingerprint density at radius 1 is 1.12 bits per heavy atom. The second-order valence-electron chi connectivity index (χ2n) is 6.11. The second kappa shape index (κ2) is 6.49. The van der Waals surface area contributed by atoms with Crippen LogP contribution in [0.25, 0.3) is 0 Å². The van der Waals surface area contributed by atoms with Gasteiger partial charge in [0.2, 0.25) is 10.0 Å². The van der Waals surface area contributed by atoms with Crippen LogP contribution < -0.4 is 5.32 Å². The molecule has 0 saturated carbocycles. The van der Waals surface area contributed by atoms with E-state index in [0.29, 0.717) is 25.9 Å². The Hall–Kier alpha value is -1.81. The van der Waals surface area contributed by atoms with Gasteiger partial charge in [-0.2, -0.15) is 17.5 Å². The number of benzene rings is 1. The summed E-state index contributed by atoms with van der Waals surface area (Å²) in [5.41, 5.74) is -0.892. The lowest BCUT2D eigenvalue weighted by molar-refractivity contribution is -0.137. The normalized spacial score (nSPS) is 22.9. The first-order valence-corrected chi connectivity index (χ1v) is 9.35. The molecule has 10 heteroatoms. The summed E-state index contributed by atoms with van der Waals surface area (Å²) in [7, 11) is -3.90. The molecule has 3 rings (SSSR count). The van der Waals surface area contributed by atoms with Crippen LogP contribution in [0.1, 0.15) is 18.4 Å². The Kier molecular flexibility index (Phi) is 4.67. The molecule has 25 heavy (non-hydrogen) atoms. The molecule has 138 valence electrons. The van der Waals surface area contributed by atoms with Crippen LogP contribution in [-0.2, 0) is 16.2 Å². The molecule has 0 spiro atoms. The average Bonchev–Trinajstić information content (AvgIpc) is 3.00. The Morgan fingerprint density at radius 3 is 2.36 bits per heavy atom. The molecule has 1 unspecified atom stereocenters. The highest BCUT2D eigenvalue weighted by molar-refractivity contribution is 7.89. The van der Waals surface area contributed by atoms with Crippen molar-refractivity contribution in [3.05, 3.63) is 29.8 Å². The van der Waals surface area contributed by atoms with Gasteiger partial charge in [-0.3, -0.25) is 0 Å². The SMILES string of the molecule is O=C1NCCN1C1CCCN(S(=O)(=O)c2ccc(C(F)(F)F)cc2)C1. The Morgan fingerprint density at radius 2 is 1.80 bits per heavy atom. The molecule has 2 fully saturated rings. The molecular weight excluding hydrogens is 359 g/mol. The maximum atomic E-state index is 12.7. The van der Waals surface area contributed by atoms with Crippen molar-refractivity contribution in [3.63, 3.8) is 0 Å². The number of amides is 2. The van der Waals surface area contributed by atoms with Gasteiger partial charge in [-0.1, -0.05) is 0 Å². The highest BCUT2D eigenvalue weighted by Crippen LogP contribution is 2.31. The lowest BCUT2D eigenvalue weighted by atomic mass is 10.1. The number of alkyl halides is 3. The van der Waals surface area contributed by atoms with Gasteiger partial charge >= 0.3 is 12.2 Å². The number of sulfonamides is 1. The topological polar surface area (TPSA) is 69.7 Å². The monoisotopic (exact) mass is 377 g/mol. The Balaban J connectivity index is 1.78. The highest BCUT2D eigenvalue weighted by atomic mass is 32.2. The summed E-state index contributed by atoms with van der Waals surface area (Å²) in [6, 6.07) is 3.05. The quantitative estimate of drug-likeness (QED) is 0.875. The molecule has 1 N–H and O–H groups in total. The van der Waals surface area contributed by atoms with Gasteiger partial charge in [-0.25, -0.2) is 13.2 Å². The molecule has 0 aromatic heterocycles. The van der Waals surface area contributed by atoms with Gasteiger partial charge in [0.15, 0.2) is 0 Å². The number of hydrogen-bond acceptors (Lipinski definition) is 3. The summed E-state index contributed by atoms with van der Waals surface area (Å²) in [5.74, 6) is 0. The predicted octanol–water partition coefficient (Wildman–Crippen LogP) is 1.88. The number of rotatable bonds is 3. The number of halogens is 3. The molecule has 0 bridgehead atoms. The largest absolute Gasteiger partial charge is 0.416 e. The van der Waals surface area contributed by atoms with Gasteiger partial charge in [-0.15, -0.1) is 0 Å². The molecule has 6 nitrogen and oxygen atoms in total. The van der Waals surface area contributed by atoms with Crippen LogP contribution in [0, 0.1) is 0 Å². The van der Waals surface area contributed by atoms with E-state index in [2.05, 4.69) is 5.32 Å². The fourth-order valence-electron chi connectivity index (χ4n) is 3.19. The minimum absolute atomic E-state index is 0.150. The van der Waals surface area contributed by atoms with E-state index >= 15 is 0 Å². The smallest absolute Gasteiger partial charge is 0.336 e. The van der Waals surface area contributed by atoms with Gasteiger partial charge in [0.25, 0.3) is 0 Å². The van der Waals surface area contributed by atoms with Crippen molar-refractivity contribution < 1.29 is 26.4 Å². The molecule has 2 amide bonds. The van der Waals surface area contributed by atoms with Crippen molar-refractivity contribution in [2.45, 2.75) is 30.0 Å². The zero-order valence-electron chi connectivity index (χ0n) is 13.3. The lowest BCUT2D eigenvalue weighted by Crippen LogP contribution is -2.50. The first-order chi connectivity index (χ1) is 11.7. The highest BCUT2D eigenvalue weighted by Gasteiger charge is 2.36. The van der Waals surface area contributed by atoms with Crippen LogP contribution in [0.2, 0.25) is 0 Å². The van der Waals surface area contributed by atoms with Crippen molar-refractivity contribution >= 4 is 16.1 Å². The van der Waals surface area contributed by atoms with Crippen molar-refractivity contribution in [2.24, 2.45) is 0 Å². The van der Waals surface area contributed by atoms with E-state index in [0.717, 1.165) is 24.3 Å². The van der Waals surface area contributed by atoms with Crippen LogP contribution in [-0.4, -0.2) is 55.9 Å². The van der Waals surface area contributed by atoms with Gasteiger partial charge < -0.3 is 10.2 Å². The third-order valence-electron chi connectivity index (χ3n) is 4.51. The molecule has 2 aliphatic heterocycles. The van der Waals surface area contributed by atoms with Gasteiger partial charge in [0.05, 0.1) is 10.5 Å². The molecule has 1 aromatic rings. The number of nitrogens with one attached hydrogen (secondary N) is 1. The van der Waals surface area contributed by atoms with E-state index in [1.807, 2.05) is 0 Å². The van der Waals surface area contributed by atoms with E-state index < -0.39 is 21.8 Å². The van der Waals surface area contributed by atoms with Crippen LogP contribution in [0.5, 0.6) is 0 Å². The zero-order chi connectivity index (χ0) is 18.2. The summed E-state index contributed by atoms with van der Waals surface area (Å²) in [5, 5.41) is 2.68. The molecule has 1 aromatic carbocycles. The van der Waals surface area contributed by atoms with Gasteiger partial charge in [0.1, 0.15) is 0 Å². The first-order valence-electron chi connectivity index (χ1n) is 7.91. The zero-order valence-corrected chi connectivity index (χ0v) is 14.1. The number of hydrogen-bond donors (Lipinski definition) is 1. The summed E-state index contributed by atoms with van der Waals surface area (Å²) in [6.45, 7) is 1.49. The van der Waals surface area contributed by atoms with Crippen LogP contribution in [0.3, 0.4) is 0 Å². The number of urea groups is 1. The lowest BCUT2D eigenvalue weighted by Gasteiger charge is -2.36. The third-order valence-corrected chi connectivity index (χ3v) is 6.39. The van der Waals surface area contributed by atoms with Crippen LogP contribution in [0.15, 0.2) is 29.2 Å². The van der Waals surface area contributed by atoms with Crippen molar-refractivity contribution in [2.75, 3.05) is 26.2 Å². The van der Waals surface area contributed by atoms with Gasteiger partial charge in [0, 0.05) is 32.2 Å². The molecule has 2 saturated heterocycles. The van der Waals surface area contributed by atoms with Crippen LogP contribution >= 0.6 is 0 Å². The van der Waals surface area contributed by atoms with Crippen molar-refractivity contribution in [3.8, 4) is 0 Å². The molecule has 0 aliphatic carbocycles. The molecule has 2 aliphatic rings. The maximum Gasteiger partial charge on any atom is 0.416 e.